The van der Waals surface area contributed by atoms with Gasteiger partial charge in [0.05, 0.1) is 11.8 Å². The number of carbonyl (C=O) groups excluding carboxylic acids is 3. The van der Waals surface area contributed by atoms with Crippen LogP contribution in [0, 0.1) is 25.7 Å². The van der Waals surface area contributed by atoms with E-state index >= 15 is 0 Å². The third-order valence-corrected chi connectivity index (χ3v) is 8.92. The maximum absolute atomic E-state index is 14.0. The number of anilines is 1. The standard InChI is InChI=1S/C25H33N3O3S/c1-14-10-11-17-21(15(14)2)26-24(31)25(17)20-19(18(27-25)12-13-32-3)22(29)28(23(20)30)16-8-6-4-5-7-9-16/h10-11,16,18-20,27H,4-9,12-13H2,1-3H3,(H,26,31)/t18-,19+,20-,25-/m0/s1. The summed E-state index contributed by atoms with van der Waals surface area (Å²) in [5.41, 5.74) is 2.60. The molecule has 0 radical (unpaired) electrons. The lowest BCUT2D eigenvalue weighted by Gasteiger charge is -2.32. The fraction of sp³-hybridized carbons (Fsp3) is 0.640. The Labute approximate surface area is 194 Å². The zero-order valence-electron chi connectivity index (χ0n) is 19.2. The zero-order valence-corrected chi connectivity index (χ0v) is 20.0. The minimum atomic E-state index is -1.16. The number of carbonyl (C=O) groups is 3. The Balaban J connectivity index is 1.61. The van der Waals surface area contributed by atoms with Crippen LogP contribution in [0.4, 0.5) is 5.69 Å². The lowest BCUT2D eigenvalue weighted by atomic mass is 9.76. The summed E-state index contributed by atoms with van der Waals surface area (Å²) >= 11 is 1.73. The number of likely N-dealkylation sites (tertiary alicyclic amines) is 1. The van der Waals surface area contributed by atoms with Gasteiger partial charge in [-0.1, -0.05) is 37.8 Å². The minimum absolute atomic E-state index is 0.0231. The van der Waals surface area contributed by atoms with Crippen molar-refractivity contribution in [3.05, 3.63) is 28.8 Å². The van der Waals surface area contributed by atoms with Gasteiger partial charge in [0.2, 0.25) is 17.7 Å². The van der Waals surface area contributed by atoms with Gasteiger partial charge in [0.1, 0.15) is 5.54 Å². The van der Waals surface area contributed by atoms with Crippen LogP contribution in [0.3, 0.4) is 0 Å². The monoisotopic (exact) mass is 455 g/mol. The summed E-state index contributed by atoms with van der Waals surface area (Å²) in [7, 11) is 0. The first kappa shape index (κ1) is 22.0. The van der Waals surface area contributed by atoms with Gasteiger partial charge < -0.3 is 5.32 Å². The van der Waals surface area contributed by atoms with Crippen molar-refractivity contribution in [2.24, 2.45) is 11.8 Å². The molecule has 1 aliphatic carbocycles. The van der Waals surface area contributed by atoms with Crippen molar-refractivity contribution in [2.45, 2.75) is 76.4 Å². The number of aryl methyl sites for hydroxylation is 1. The molecule has 4 atom stereocenters. The number of hydrogen-bond donors (Lipinski definition) is 2. The van der Waals surface area contributed by atoms with Crippen molar-refractivity contribution in [3.8, 4) is 0 Å². The summed E-state index contributed by atoms with van der Waals surface area (Å²) in [5.74, 6) is -0.667. The topological polar surface area (TPSA) is 78.5 Å². The van der Waals surface area contributed by atoms with Crippen molar-refractivity contribution in [1.29, 1.82) is 0 Å². The summed E-state index contributed by atoms with van der Waals surface area (Å²) in [4.78, 5) is 43.0. The number of fused-ring (bicyclic) bond motifs is 4. The molecule has 0 bridgehead atoms. The number of benzene rings is 1. The molecule has 3 aliphatic heterocycles. The molecule has 172 valence electrons. The predicted molar refractivity (Wildman–Crippen MR) is 126 cm³/mol. The molecule has 4 aliphatic rings. The number of imide groups is 1. The van der Waals surface area contributed by atoms with Crippen LogP contribution in [0.5, 0.6) is 0 Å². The van der Waals surface area contributed by atoms with Gasteiger partial charge in [0.15, 0.2) is 0 Å². The third kappa shape index (κ3) is 3.00. The van der Waals surface area contributed by atoms with Crippen molar-refractivity contribution in [1.82, 2.24) is 10.2 Å². The number of rotatable bonds is 4. The van der Waals surface area contributed by atoms with E-state index in [0.717, 1.165) is 73.1 Å². The van der Waals surface area contributed by atoms with Gasteiger partial charge in [-0.05, 0) is 56.2 Å². The highest BCUT2D eigenvalue weighted by molar-refractivity contribution is 7.98. The van der Waals surface area contributed by atoms with E-state index in [-0.39, 0.29) is 29.8 Å². The molecule has 5 rings (SSSR count). The Morgan fingerprint density at radius 2 is 1.78 bits per heavy atom. The smallest absolute Gasteiger partial charge is 0.250 e. The Kier molecular flexibility index (Phi) is 5.61. The number of nitrogens with zero attached hydrogens (tertiary/aromatic N) is 1. The zero-order chi connectivity index (χ0) is 22.6. The lowest BCUT2D eigenvalue weighted by Crippen LogP contribution is -2.54. The highest BCUT2D eigenvalue weighted by Crippen LogP contribution is 2.54. The highest BCUT2D eigenvalue weighted by Gasteiger charge is 2.70. The van der Waals surface area contributed by atoms with Gasteiger partial charge in [-0.15, -0.1) is 0 Å². The van der Waals surface area contributed by atoms with Crippen LogP contribution >= 0.6 is 11.8 Å². The summed E-state index contributed by atoms with van der Waals surface area (Å²) in [6.07, 6.45) is 9.00. The van der Waals surface area contributed by atoms with Crippen LogP contribution in [0.25, 0.3) is 0 Å². The predicted octanol–water partition coefficient (Wildman–Crippen LogP) is 3.50. The summed E-state index contributed by atoms with van der Waals surface area (Å²) < 4.78 is 0. The van der Waals surface area contributed by atoms with Crippen LogP contribution in [-0.4, -0.2) is 46.7 Å². The molecule has 7 heteroatoms. The van der Waals surface area contributed by atoms with Crippen molar-refractivity contribution in [2.75, 3.05) is 17.3 Å². The van der Waals surface area contributed by atoms with Gasteiger partial charge in [-0.2, -0.15) is 11.8 Å². The quantitative estimate of drug-likeness (QED) is 0.537. The normalized spacial score (nSPS) is 32.4. The van der Waals surface area contributed by atoms with Crippen LogP contribution in [0.2, 0.25) is 0 Å². The van der Waals surface area contributed by atoms with Crippen molar-refractivity contribution < 1.29 is 14.4 Å². The number of nitrogens with one attached hydrogen (secondary N) is 2. The second-order valence-corrected chi connectivity index (χ2v) is 10.9. The molecule has 32 heavy (non-hydrogen) atoms. The average Bonchev–Trinajstić information content (AvgIpc) is 3.24. The molecule has 1 aromatic carbocycles. The van der Waals surface area contributed by atoms with Gasteiger partial charge in [-0.3, -0.25) is 24.6 Å². The van der Waals surface area contributed by atoms with E-state index in [4.69, 9.17) is 0 Å². The summed E-state index contributed by atoms with van der Waals surface area (Å²) in [6.45, 7) is 4.03. The average molecular weight is 456 g/mol. The second kappa shape index (κ2) is 8.17. The van der Waals surface area contributed by atoms with Gasteiger partial charge in [0.25, 0.3) is 0 Å². The van der Waals surface area contributed by atoms with Crippen LogP contribution in [-0.2, 0) is 19.9 Å². The molecule has 0 unspecified atom stereocenters. The summed E-state index contributed by atoms with van der Waals surface area (Å²) in [5, 5.41) is 6.64. The molecule has 6 nitrogen and oxygen atoms in total. The highest BCUT2D eigenvalue weighted by atomic mass is 32.2. The first-order valence-electron chi connectivity index (χ1n) is 12.0. The third-order valence-electron chi connectivity index (χ3n) is 8.28. The second-order valence-electron chi connectivity index (χ2n) is 9.92. The molecule has 0 aromatic heterocycles. The molecule has 3 fully saturated rings. The molecular weight excluding hydrogens is 422 g/mol. The summed E-state index contributed by atoms with van der Waals surface area (Å²) in [6, 6.07) is 3.79. The number of amides is 3. The molecule has 1 spiro atoms. The molecule has 2 N–H and O–H groups in total. The molecule has 1 saturated carbocycles. The molecule has 1 aromatic rings. The minimum Gasteiger partial charge on any atom is -0.324 e. The maximum atomic E-state index is 14.0. The van der Waals surface area contributed by atoms with E-state index < -0.39 is 17.4 Å². The fourth-order valence-electron chi connectivity index (χ4n) is 6.51. The number of hydrogen-bond acceptors (Lipinski definition) is 5. The van der Waals surface area contributed by atoms with E-state index in [0.29, 0.717) is 0 Å². The first-order valence-corrected chi connectivity index (χ1v) is 13.4. The van der Waals surface area contributed by atoms with Crippen molar-refractivity contribution >= 4 is 35.2 Å². The molecule has 3 amide bonds. The van der Waals surface area contributed by atoms with Crippen LogP contribution in [0.1, 0.15) is 61.6 Å². The van der Waals surface area contributed by atoms with Gasteiger partial charge in [0, 0.05) is 23.3 Å². The Bertz CT molecular complexity index is 971. The molecule has 2 saturated heterocycles. The Morgan fingerprint density at radius 3 is 2.47 bits per heavy atom. The molecule has 3 heterocycles. The van der Waals surface area contributed by atoms with E-state index in [2.05, 4.69) is 10.6 Å². The fourth-order valence-corrected chi connectivity index (χ4v) is 7.00. The van der Waals surface area contributed by atoms with Crippen molar-refractivity contribution in [3.63, 3.8) is 0 Å². The number of thioether (sulfide) groups is 1. The van der Waals surface area contributed by atoms with Gasteiger partial charge in [-0.25, -0.2) is 0 Å². The first-order chi connectivity index (χ1) is 15.4. The largest absolute Gasteiger partial charge is 0.324 e. The van der Waals surface area contributed by atoms with E-state index in [9.17, 15) is 14.4 Å². The Morgan fingerprint density at radius 1 is 1.06 bits per heavy atom. The van der Waals surface area contributed by atoms with E-state index in [1.165, 1.54) is 0 Å². The lowest BCUT2D eigenvalue weighted by molar-refractivity contribution is -0.145. The van der Waals surface area contributed by atoms with Crippen LogP contribution < -0.4 is 10.6 Å². The maximum Gasteiger partial charge on any atom is 0.250 e. The van der Waals surface area contributed by atoms with Crippen LogP contribution in [0.15, 0.2) is 12.1 Å². The Hall–Kier alpha value is -1.86. The van der Waals surface area contributed by atoms with E-state index in [1.807, 2.05) is 32.2 Å². The SMILES string of the molecule is CSCC[C@@H]1N[C@]2(C(=O)Nc3c2ccc(C)c3C)[C@@H]2C(=O)N(C3CCCCCC3)C(=O)[C@H]12. The molecular formula is C25H33N3O3S. The van der Waals surface area contributed by atoms with Gasteiger partial charge >= 0.3 is 0 Å². The van der Waals surface area contributed by atoms with E-state index in [1.54, 1.807) is 16.7 Å².